The molecular weight excluding hydrogens is 328 g/mol. The molecule has 0 saturated carbocycles. The van der Waals surface area contributed by atoms with Gasteiger partial charge in [-0.25, -0.2) is 0 Å². The van der Waals surface area contributed by atoms with Gasteiger partial charge in [0.05, 0.1) is 0 Å². The Kier molecular flexibility index (Phi) is 499. The van der Waals surface area contributed by atoms with E-state index in [0.29, 0.717) is 0 Å². The molecule has 7 heavy (non-hydrogen) atoms. The summed E-state index contributed by atoms with van der Waals surface area (Å²) in [6.07, 6.45) is 0. The normalized spacial score (nSPS) is 2.57. The van der Waals surface area contributed by atoms with E-state index in [-0.39, 0.29) is 7.43 Å². The average molecular weight is 347 g/mol. The minimum Gasteiger partial charge on any atom is -0.0776 e. The topological polar surface area (TPSA) is 0 Å². The SMILES string of the molecule is C.CC.CC.[3H][B].[Fm]. The fourth-order valence-corrected chi connectivity index (χ4v) is 0. The van der Waals surface area contributed by atoms with E-state index in [1.165, 1.54) is 0 Å². The van der Waals surface area contributed by atoms with Gasteiger partial charge in [0.2, 0.25) is 0 Å². The molecule has 0 rings (SSSR count). The van der Waals surface area contributed by atoms with Crippen LogP contribution >= 0.6 is 0 Å². The van der Waals surface area contributed by atoms with E-state index in [9.17, 15) is 0 Å². The summed E-state index contributed by atoms with van der Waals surface area (Å²) in [7, 11) is 3.75. The molecule has 0 aliphatic carbocycles. The van der Waals surface area contributed by atoms with Gasteiger partial charge in [-0.15, -0.1) is 0 Å². The van der Waals surface area contributed by atoms with Gasteiger partial charge in [0.15, 0.2) is 0 Å². The van der Waals surface area contributed by atoms with Crippen molar-refractivity contribution in [3.05, 3.63) is 0 Å². The second-order valence-electron chi connectivity index (χ2n) is 0. The summed E-state index contributed by atoms with van der Waals surface area (Å²) in [5, 5.41) is 0. The minimum absolute atomic E-state index is 0. The van der Waals surface area contributed by atoms with Crippen molar-refractivity contribution in [3.63, 3.8) is 0 Å². The van der Waals surface area contributed by atoms with Crippen molar-refractivity contribution in [1.29, 1.82) is 1.34 Å². The van der Waals surface area contributed by atoms with Gasteiger partial charge in [0.25, 0.3) is 0 Å². The Morgan fingerprint density at radius 1 is 1.00 bits per heavy atom. The summed E-state index contributed by atoms with van der Waals surface area (Å²) in [5.74, 6) is 0. The van der Waals surface area contributed by atoms with Gasteiger partial charge in [0.1, 0.15) is 0 Å². The minimum atomic E-state index is 0. The van der Waals surface area contributed by atoms with Crippen LogP contribution < -0.4 is 0 Å². The molecule has 0 aromatic rings. The Balaban J connectivity index is -0.00000000500. The Bertz CT molecular complexity index is 12.4. The molecule has 0 unspecified atom stereocenters. The third-order valence-electron chi connectivity index (χ3n) is 0. The molecule has 0 saturated heterocycles. The van der Waals surface area contributed by atoms with Gasteiger partial charge in [0, 0.05) is 8.38 Å². The summed E-state index contributed by atoms with van der Waals surface area (Å²) in [4.78, 5) is 0. The maximum Gasteiger partial charge on any atom is 0.0379 e. The molecular formula is C5H17BFm. The van der Waals surface area contributed by atoms with Gasteiger partial charge in [-0.1, -0.05) is 35.1 Å². The first-order valence-corrected chi connectivity index (χ1v) is 2.00. The summed E-state index contributed by atoms with van der Waals surface area (Å²) >= 11 is 0. The fourth-order valence-electron chi connectivity index (χ4n) is 0. The van der Waals surface area contributed by atoms with Crippen LogP contribution in [0.2, 0.25) is 0 Å². The number of hydrogen-bond acceptors (Lipinski definition) is 0. The van der Waals surface area contributed by atoms with Gasteiger partial charge in [-0.3, -0.25) is 0 Å². The molecule has 0 amide bonds. The Morgan fingerprint density at radius 3 is 1.00 bits per heavy atom. The van der Waals surface area contributed by atoms with Crippen molar-refractivity contribution in [2.75, 3.05) is 0 Å². The van der Waals surface area contributed by atoms with Gasteiger partial charge < -0.3 is 0 Å². The van der Waals surface area contributed by atoms with Crippen LogP contribution in [0.4, 0.5) is 0 Å². The zero-order valence-electron chi connectivity index (χ0n) is 5.87. The number of rotatable bonds is 0. The first-order chi connectivity index (χ1) is 3.00. The molecule has 0 N–H and O–H groups in total. The Hall–Kier alpha value is -0.935. The zero-order valence-corrected chi connectivity index (χ0v) is 7.27. The van der Waals surface area contributed by atoms with Crippen LogP contribution in [0.1, 0.15) is 35.1 Å². The van der Waals surface area contributed by atoms with E-state index in [1.54, 1.807) is 0 Å². The van der Waals surface area contributed by atoms with Crippen LogP contribution in [0.25, 0.3) is 0 Å². The molecule has 0 aromatic heterocycles. The molecule has 0 aliphatic rings. The molecule has 0 aromatic carbocycles. The first-order valence-electron chi connectivity index (χ1n) is 2.58. The van der Waals surface area contributed by atoms with Crippen LogP contribution in [0, 0.1) is 0 Å². The third-order valence-corrected chi connectivity index (χ3v) is 0. The molecule has 0 fully saturated rings. The second kappa shape index (κ2) is 95.7. The van der Waals surface area contributed by atoms with Gasteiger partial charge >= 0.3 is 0 Å². The summed E-state index contributed by atoms with van der Waals surface area (Å²) in [5.41, 5.74) is 0. The molecule has 2 radical (unpaired) electrons. The fraction of sp³-hybridized carbons (Fsp3) is 1.00. The molecule has 2 heteroatoms. The van der Waals surface area contributed by atoms with Crippen LogP contribution in [0.3, 0.4) is 0 Å². The molecule has 52 valence electrons. The van der Waals surface area contributed by atoms with Crippen molar-refractivity contribution < 1.29 is 0 Å². The Labute approximate surface area is 45.9 Å². The molecule has 0 bridgehead atoms. The molecule has 0 atom stereocenters. The van der Waals surface area contributed by atoms with Gasteiger partial charge in [-0.2, -0.15) is 0 Å². The van der Waals surface area contributed by atoms with Crippen molar-refractivity contribution >= 4 is 8.38 Å². The van der Waals surface area contributed by atoms with Crippen LogP contribution in [0.15, 0.2) is 0 Å². The molecule has 0 heterocycles. The van der Waals surface area contributed by atoms with Crippen molar-refractivity contribution in [3.8, 4) is 0 Å². The van der Waals surface area contributed by atoms with Gasteiger partial charge in [-0.05, 0) is 1.34 Å². The van der Waals surface area contributed by atoms with Crippen LogP contribution in [-0.4, -0.2) is 9.71 Å². The van der Waals surface area contributed by atoms with Crippen molar-refractivity contribution in [1.82, 2.24) is 0 Å². The maximum atomic E-state index is 5.25. The summed E-state index contributed by atoms with van der Waals surface area (Å²) in [6, 6.07) is 0. The van der Waals surface area contributed by atoms with Crippen molar-refractivity contribution in [2.24, 2.45) is 0 Å². The van der Waals surface area contributed by atoms with E-state index >= 15 is 0 Å². The predicted molar refractivity (Wildman–Crippen MR) is 36.6 cm³/mol. The zero-order chi connectivity index (χ0) is 6.00. The third kappa shape index (κ3) is 54.4. The monoisotopic (exact) mass is 347 g/mol. The van der Waals surface area contributed by atoms with E-state index in [0.717, 1.165) is 0 Å². The smallest absolute Gasteiger partial charge is 0.0379 e. The standard InChI is InChI=1S/2C2H6.CH4.BH.Fm/c2*1-2;;;/h2*1-2H3;1H4;1H;/i;;;1T;. The second-order valence-corrected chi connectivity index (χ2v) is 0. The average Bonchev–Trinajstić information content (AvgIpc) is 1.81. The largest absolute Gasteiger partial charge is 0.0776 e. The maximum absolute atomic E-state index is 5.25. The van der Waals surface area contributed by atoms with Crippen molar-refractivity contribution in [2.45, 2.75) is 35.1 Å². The molecule has 0 nitrogen and oxygen atoms in total. The number of hydrogen-bond donors (Lipinski definition) is 0. The predicted octanol–water partition coefficient (Wildman–Crippen LogP) is 2.04. The molecule has 0 aliphatic heterocycles. The quantitative estimate of drug-likeness (QED) is 0.589. The summed E-state index contributed by atoms with van der Waals surface area (Å²) < 4.78 is 5.25. The summed E-state index contributed by atoms with van der Waals surface area (Å²) in [6.45, 7) is 8.00. The first kappa shape index (κ1) is 36.5. The van der Waals surface area contributed by atoms with E-state index in [2.05, 4.69) is 8.38 Å². The van der Waals surface area contributed by atoms with Crippen LogP contribution in [0.5, 0.6) is 0 Å². The van der Waals surface area contributed by atoms with Crippen LogP contribution in [-0.2, 0) is 0 Å². The van der Waals surface area contributed by atoms with E-state index < -0.39 is 0 Å². The van der Waals surface area contributed by atoms with E-state index in [1.807, 2.05) is 27.7 Å². The molecule has 0 spiro atoms. The van der Waals surface area contributed by atoms with E-state index in [4.69, 9.17) is 1.34 Å². The Morgan fingerprint density at radius 2 is 1.00 bits per heavy atom.